The fourth-order valence-electron chi connectivity index (χ4n) is 3.00. The van der Waals surface area contributed by atoms with Gasteiger partial charge in [0.2, 0.25) is 0 Å². The Morgan fingerprint density at radius 3 is 2.57 bits per heavy atom. The van der Waals surface area contributed by atoms with Gasteiger partial charge in [0.25, 0.3) is 5.91 Å². The summed E-state index contributed by atoms with van der Waals surface area (Å²) >= 11 is 0. The van der Waals surface area contributed by atoms with Crippen LogP contribution in [0.5, 0.6) is 0 Å². The predicted octanol–water partition coefficient (Wildman–Crippen LogP) is 4.13. The van der Waals surface area contributed by atoms with Gasteiger partial charge in [-0.1, -0.05) is 19.9 Å². The molecule has 0 heterocycles. The van der Waals surface area contributed by atoms with Gasteiger partial charge in [0, 0.05) is 18.3 Å². The molecule has 116 valence electrons. The predicted molar refractivity (Wildman–Crippen MR) is 88.8 cm³/mol. The van der Waals surface area contributed by atoms with Crippen LogP contribution in [0.25, 0.3) is 0 Å². The van der Waals surface area contributed by atoms with Crippen LogP contribution < -0.4 is 10.6 Å². The highest BCUT2D eigenvalue weighted by molar-refractivity contribution is 5.99. The van der Waals surface area contributed by atoms with Gasteiger partial charge in [0.15, 0.2) is 0 Å². The van der Waals surface area contributed by atoms with Crippen LogP contribution in [0.4, 0.5) is 5.69 Å². The third-order valence-electron chi connectivity index (χ3n) is 4.46. The summed E-state index contributed by atoms with van der Waals surface area (Å²) in [5, 5.41) is 6.50. The van der Waals surface area contributed by atoms with Crippen molar-refractivity contribution in [3.8, 4) is 0 Å². The van der Waals surface area contributed by atoms with Crippen molar-refractivity contribution in [3.05, 3.63) is 29.3 Å². The maximum atomic E-state index is 12.5. The molecular weight excluding hydrogens is 260 g/mol. The third kappa shape index (κ3) is 4.23. The summed E-state index contributed by atoms with van der Waals surface area (Å²) in [4.78, 5) is 12.5. The smallest absolute Gasteiger partial charge is 0.253 e. The van der Waals surface area contributed by atoms with Gasteiger partial charge < -0.3 is 10.6 Å². The van der Waals surface area contributed by atoms with Crippen molar-refractivity contribution in [2.24, 2.45) is 5.41 Å². The number of carbonyl (C=O) groups excluding carboxylic acids is 1. The van der Waals surface area contributed by atoms with E-state index < -0.39 is 0 Å². The van der Waals surface area contributed by atoms with Gasteiger partial charge in [-0.3, -0.25) is 4.79 Å². The van der Waals surface area contributed by atoms with E-state index in [4.69, 9.17) is 0 Å². The molecule has 0 bridgehead atoms. The summed E-state index contributed by atoms with van der Waals surface area (Å²) in [6.07, 6.45) is 4.54. The van der Waals surface area contributed by atoms with Crippen LogP contribution in [0.2, 0.25) is 0 Å². The van der Waals surface area contributed by atoms with Gasteiger partial charge in [-0.05, 0) is 62.6 Å². The lowest BCUT2D eigenvalue weighted by Gasteiger charge is -2.34. The highest BCUT2D eigenvalue weighted by Gasteiger charge is 2.28. The third-order valence-corrected chi connectivity index (χ3v) is 4.46. The van der Waals surface area contributed by atoms with Gasteiger partial charge in [0.05, 0.1) is 5.56 Å². The average Bonchev–Trinajstić information content (AvgIpc) is 2.41. The first-order valence-corrected chi connectivity index (χ1v) is 8.07. The van der Waals surface area contributed by atoms with E-state index in [1.165, 1.54) is 18.4 Å². The normalized spacial score (nSPS) is 18.3. The molecule has 3 nitrogen and oxygen atoms in total. The molecule has 0 aromatic heterocycles. The Labute approximate surface area is 128 Å². The summed E-state index contributed by atoms with van der Waals surface area (Å²) < 4.78 is 0. The molecule has 0 saturated heterocycles. The number of anilines is 1. The first-order valence-electron chi connectivity index (χ1n) is 8.07. The number of amides is 1. The standard InChI is InChI=1S/C18H28N2O/c1-5-19-16-12-13(2)6-7-15(16)17(21)20-14-8-10-18(3,4)11-9-14/h6-7,12,14,19H,5,8-11H2,1-4H3,(H,20,21). The summed E-state index contributed by atoms with van der Waals surface area (Å²) in [6, 6.07) is 6.29. The van der Waals surface area contributed by atoms with Crippen molar-refractivity contribution in [2.45, 2.75) is 59.4 Å². The second-order valence-corrected chi connectivity index (χ2v) is 6.99. The molecule has 1 aromatic rings. The second kappa shape index (κ2) is 6.50. The van der Waals surface area contributed by atoms with Crippen molar-refractivity contribution >= 4 is 11.6 Å². The molecule has 1 aliphatic carbocycles. The average molecular weight is 288 g/mol. The molecule has 1 amide bonds. The number of nitrogens with one attached hydrogen (secondary N) is 2. The van der Waals surface area contributed by atoms with Crippen LogP contribution in [0, 0.1) is 12.3 Å². The highest BCUT2D eigenvalue weighted by atomic mass is 16.1. The molecule has 2 N–H and O–H groups in total. The van der Waals surface area contributed by atoms with Crippen molar-refractivity contribution in [2.75, 3.05) is 11.9 Å². The molecule has 1 aliphatic rings. The minimum absolute atomic E-state index is 0.0515. The molecular formula is C18H28N2O. The van der Waals surface area contributed by atoms with Crippen molar-refractivity contribution in [1.29, 1.82) is 0 Å². The van der Waals surface area contributed by atoms with Gasteiger partial charge in [0.1, 0.15) is 0 Å². The topological polar surface area (TPSA) is 41.1 Å². The van der Waals surface area contributed by atoms with Crippen LogP contribution in [0.1, 0.15) is 62.4 Å². The van der Waals surface area contributed by atoms with E-state index in [0.29, 0.717) is 11.5 Å². The van der Waals surface area contributed by atoms with Gasteiger partial charge in [-0.2, -0.15) is 0 Å². The quantitative estimate of drug-likeness (QED) is 0.875. The molecule has 0 unspecified atom stereocenters. The van der Waals surface area contributed by atoms with Crippen LogP contribution in [0.15, 0.2) is 18.2 Å². The monoisotopic (exact) mass is 288 g/mol. The lowest BCUT2D eigenvalue weighted by molar-refractivity contribution is 0.0910. The van der Waals surface area contributed by atoms with E-state index in [1.807, 2.05) is 32.0 Å². The zero-order chi connectivity index (χ0) is 15.5. The molecule has 21 heavy (non-hydrogen) atoms. The van der Waals surface area contributed by atoms with Crippen molar-refractivity contribution in [3.63, 3.8) is 0 Å². The number of rotatable bonds is 4. The largest absolute Gasteiger partial charge is 0.385 e. The van der Waals surface area contributed by atoms with Gasteiger partial charge >= 0.3 is 0 Å². The first-order chi connectivity index (χ1) is 9.91. The Balaban J connectivity index is 2.04. The number of hydrogen-bond donors (Lipinski definition) is 2. The van der Waals surface area contributed by atoms with E-state index in [-0.39, 0.29) is 5.91 Å². The molecule has 3 heteroatoms. The van der Waals surface area contributed by atoms with E-state index in [2.05, 4.69) is 24.5 Å². The minimum atomic E-state index is 0.0515. The maximum Gasteiger partial charge on any atom is 0.253 e. The molecule has 0 radical (unpaired) electrons. The zero-order valence-corrected chi connectivity index (χ0v) is 13.8. The van der Waals surface area contributed by atoms with E-state index in [1.54, 1.807) is 0 Å². The molecule has 0 spiro atoms. The summed E-state index contributed by atoms with van der Waals surface area (Å²) in [5.41, 5.74) is 3.29. The van der Waals surface area contributed by atoms with Crippen LogP contribution in [-0.2, 0) is 0 Å². The molecule has 1 fully saturated rings. The number of aryl methyl sites for hydroxylation is 1. The summed E-state index contributed by atoms with van der Waals surface area (Å²) in [5.74, 6) is 0.0515. The molecule has 0 aliphatic heterocycles. The Morgan fingerprint density at radius 1 is 1.29 bits per heavy atom. The highest BCUT2D eigenvalue weighted by Crippen LogP contribution is 2.35. The SMILES string of the molecule is CCNc1cc(C)ccc1C(=O)NC1CCC(C)(C)CC1. The van der Waals surface area contributed by atoms with Crippen molar-refractivity contribution in [1.82, 2.24) is 5.32 Å². The van der Waals surface area contributed by atoms with Crippen LogP contribution in [0.3, 0.4) is 0 Å². The second-order valence-electron chi connectivity index (χ2n) is 6.99. The Hall–Kier alpha value is -1.51. The van der Waals surface area contributed by atoms with Crippen LogP contribution >= 0.6 is 0 Å². The van der Waals surface area contributed by atoms with E-state index in [0.717, 1.165) is 30.6 Å². The lowest BCUT2D eigenvalue weighted by atomic mass is 9.75. The fraction of sp³-hybridized carbons (Fsp3) is 0.611. The molecule has 1 aromatic carbocycles. The number of hydrogen-bond acceptors (Lipinski definition) is 2. The molecule has 0 atom stereocenters. The van der Waals surface area contributed by atoms with Gasteiger partial charge in [-0.25, -0.2) is 0 Å². The minimum Gasteiger partial charge on any atom is -0.385 e. The Bertz CT molecular complexity index is 498. The summed E-state index contributed by atoms with van der Waals surface area (Å²) in [7, 11) is 0. The van der Waals surface area contributed by atoms with Gasteiger partial charge in [-0.15, -0.1) is 0 Å². The van der Waals surface area contributed by atoms with E-state index in [9.17, 15) is 4.79 Å². The molecule has 1 saturated carbocycles. The van der Waals surface area contributed by atoms with E-state index >= 15 is 0 Å². The summed E-state index contributed by atoms with van der Waals surface area (Å²) in [6.45, 7) is 9.54. The number of carbonyl (C=O) groups is 1. The first kappa shape index (κ1) is 15.9. The Morgan fingerprint density at radius 2 is 1.95 bits per heavy atom. The number of benzene rings is 1. The Kier molecular flexibility index (Phi) is 4.92. The molecule has 2 rings (SSSR count). The van der Waals surface area contributed by atoms with Crippen LogP contribution in [-0.4, -0.2) is 18.5 Å². The lowest BCUT2D eigenvalue weighted by Crippen LogP contribution is -2.39. The maximum absolute atomic E-state index is 12.5. The fourth-order valence-corrected chi connectivity index (χ4v) is 3.00. The van der Waals surface area contributed by atoms with Crippen molar-refractivity contribution < 1.29 is 4.79 Å². The zero-order valence-electron chi connectivity index (χ0n) is 13.8.